The summed E-state index contributed by atoms with van der Waals surface area (Å²) in [7, 11) is 3.78. The molecule has 0 radical (unpaired) electrons. The van der Waals surface area contributed by atoms with Crippen LogP contribution in [0.1, 0.15) is 5.69 Å². The fourth-order valence-corrected chi connectivity index (χ4v) is 1.69. The Morgan fingerprint density at radius 3 is 2.94 bits per heavy atom. The molecule has 0 spiro atoms. The molecule has 4 heteroatoms. The number of nitrogens with zero attached hydrogens (tertiary/aromatic N) is 2. The Kier molecular flexibility index (Phi) is 3.01. The van der Waals surface area contributed by atoms with Crippen LogP contribution < -0.4 is 5.32 Å². The van der Waals surface area contributed by atoms with Gasteiger partial charge < -0.3 is 9.88 Å². The Morgan fingerprint density at radius 2 is 2.25 bits per heavy atom. The zero-order valence-corrected chi connectivity index (χ0v) is 9.37. The molecule has 84 valence electrons. The molecule has 0 aliphatic carbocycles. The lowest BCUT2D eigenvalue weighted by Crippen LogP contribution is -2.04. The number of halogens is 1. The number of hydrogen-bond acceptors (Lipinski definition) is 2. The van der Waals surface area contributed by atoms with Crippen LogP contribution in [0.5, 0.6) is 0 Å². The van der Waals surface area contributed by atoms with Crippen molar-refractivity contribution >= 4 is 0 Å². The highest BCUT2D eigenvalue weighted by atomic mass is 19.1. The van der Waals surface area contributed by atoms with Gasteiger partial charge in [-0.05, 0) is 19.2 Å². The lowest BCUT2D eigenvalue weighted by atomic mass is 10.2. The summed E-state index contributed by atoms with van der Waals surface area (Å²) in [6, 6.07) is 6.47. The van der Waals surface area contributed by atoms with Gasteiger partial charge in [-0.15, -0.1) is 0 Å². The normalized spacial score (nSPS) is 10.7. The Bertz CT molecular complexity index is 491. The van der Waals surface area contributed by atoms with Gasteiger partial charge in [0.1, 0.15) is 11.6 Å². The first-order valence-electron chi connectivity index (χ1n) is 5.13. The maximum atomic E-state index is 13.1. The van der Waals surface area contributed by atoms with Crippen LogP contribution in [0, 0.1) is 5.82 Å². The second-order valence-electron chi connectivity index (χ2n) is 3.71. The van der Waals surface area contributed by atoms with E-state index >= 15 is 0 Å². The minimum Gasteiger partial charge on any atom is -0.334 e. The molecule has 1 aromatic carbocycles. The van der Waals surface area contributed by atoms with Gasteiger partial charge in [0.2, 0.25) is 0 Å². The molecule has 0 aliphatic heterocycles. The van der Waals surface area contributed by atoms with E-state index in [1.807, 2.05) is 30.9 Å². The van der Waals surface area contributed by atoms with Gasteiger partial charge >= 0.3 is 0 Å². The Balaban J connectivity index is 2.40. The van der Waals surface area contributed by atoms with Crippen molar-refractivity contribution in [2.75, 3.05) is 7.05 Å². The van der Waals surface area contributed by atoms with Crippen LogP contribution in [0.4, 0.5) is 4.39 Å². The number of imidazole rings is 1. The number of aromatic nitrogens is 2. The molecular weight excluding hydrogens is 205 g/mol. The molecule has 2 rings (SSSR count). The fraction of sp³-hybridized carbons (Fsp3) is 0.250. The maximum Gasteiger partial charge on any atom is 0.140 e. The largest absolute Gasteiger partial charge is 0.334 e. The summed E-state index contributed by atoms with van der Waals surface area (Å²) in [6.07, 6.45) is 1.94. The first kappa shape index (κ1) is 10.8. The monoisotopic (exact) mass is 219 g/mol. The first-order valence-corrected chi connectivity index (χ1v) is 5.13. The molecule has 0 saturated carbocycles. The summed E-state index contributed by atoms with van der Waals surface area (Å²) in [5.41, 5.74) is 1.74. The molecule has 16 heavy (non-hydrogen) atoms. The van der Waals surface area contributed by atoms with Crippen molar-refractivity contribution in [1.29, 1.82) is 0 Å². The van der Waals surface area contributed by atoms with E-state index in [-0.39, 0.29) is 5.82 Å². The minimum absolute atomic E-state index is 0.240. The number of rotatable bonds is 3. The zero-order chi connectivity index (χ0) is 11.5. The molecule has 1 heterocycles. The molecule has 0 amide bonds. The van der Waals surface area contributed by atoms with E-state index in [2.05, 4.69) is 10.3 Å². The molecule has 0 fully saturated rings. The predicted octanol–water partition coefficient (Wildman–Crippen LogP) is 1.95. The van der Waals surface area contributed by atoms with Gasteiger partial charge in [0.25, 0.3) is 0 Å². The van der Waals surface area contributed by atoms with E-state index in [1.165, 1.54) is 12.1 Å². The van der Waals surface area contributed by atoms with Gasteiger partial charge in [-0.3, -0.25) is 0 Å². The number of hydrogen-bond donors (Lipinski definition) is 1. The average molecular weight is 219 g/mol. The summed E-state index contributed by atoms with van der Waals surface area (Å²) in [5, 5.41) is 3.04. The molecule has 0 unspecified atom stereocenters. The van der Waals surface area contributed by atoms with Crippen LogP contribution in [0.15, 0.2) is 30.5 Å². The second kappa shape index (κ2) is 4.45. The van der Waals surface area contributed by atoms with Crippen LogP contribution >= 0.6 is 0 Å². The summed E-state index contributed by atoms with van der Waals surface area (Å²) < 4.78 is 15.0. The fourth-order valence-electron chi connectivity index (χ4n) is 1.69. The van der Waals surface area contributed by atoms with Crippen molar-refractivity contribution in [1.82, 2.24) is 14.9 Å². The topological polar surface area (TPSA) is 29.9 Å². The molecule has 0 aliphatic rings. The number of aryl methyl sites for hydroxylation is 1. The Morgan fingerprint density at radius 1 is 1.44 bits per heavy atom. The molecule has 0 bridgehead atoms. The zero-order valence-electron chi connectivity index (χ0n) is 9.37. The summed E-state index contributed by atoms with van der Waals surface area (Å²) in [6.45, 7) is 0.711. The van der Waals surface area contributed by atoms with Crippen molar-refractivity contribution in [2.24, 2.45) is 7.05 Å². The second-order valence-corrected chi connectivity index (χ2v) is 3.71. The van der Waals surface area contributed by atoms with E-state index in [0.717, 1.165) is 17.1 Å². The van der Waals surface area contributed by atoms with Gasteiger partial charge in [-0.2, -0.15) is 0 Å². The van der Waals surface area contributed by atoms with Crippen molar-refractivity contribution < 1.29 is 4.39 Å². The van der Waals surface area contributed by atoms with Crippen LogP contribution in [-0.2, 0) is 13.6 Å². The smallest absolute Gasteiger partial charge is 0.140 e. The molecule has 0 saturated heterocycles. The highest BCUT2D eigenvalue weighted by Gasteiger charge is 2.07. The SMILES string of the molecule is CNCc1cn(C)c(-c2cccc(F)c2)n1. The first-order chi connectivity index (χ1) is 7.70. The third-order valence-electron chi connectivity index (χ3n) is 2.37. The molecular formula is C12H14FN3. The van der Waals surface area contributed by atoms with E-state index in [1.54, 1.807) is 6.07 Å². The quantitative estimate of drug-likeness (QED) is 0.855. The van der Waals surface area contributed by atoms with Gasteiger partial charge in [0.05, 0.1) is 5.69 Å². The van der Waals surface area contributed by atoms with Crippen molar-refractivity contribution in [3.63, 3.8) is 0 Å². The lowest BCUT2D eigenvalue weighted by molar-refractivity contribution is 0.628. The Hall–Kier alpha value is -1.68. The molecule has 3 nitrogen and oxygen atoms in total. The van der Waals surface area contributed by atoms with Crippen molar-refractivity contribution in [3.8, 4) is 11.4 Å². The lowest BCUT2D eigenvalue weighted by Gasteiger charge is -2.00. The van der Waals surface area contributed by atoms with Crippen LogP contribution in [0.3, 0.4) is 0 Å². The van der Waals surface area contributed by atoms with Crippen molar-refractivity contribution in [2.45, 2.75) is 6.54 Å². The predicted molar refractivity (Wildman–Crippen MR) is 61.4 cm³/mol. The molecule has 1 N–H and O–H groups in total. The van der Waals surface area contributed by atoms with E-state index in [0.29, 0.717) is 6.54 Å². The molecule has 1 aromatic heterocycles. The molecule has 0 atom stereocenters. The van der Waals surface area contributed by atoms with Crippen LogP contribution in [0.25, 0.3) is 11.4 Å². The summed E-state index contributed by atoms with van der Waals surface area (Å²) in [5.74, 6) is 0.542. The van der Waals surface area contributed by atoms with Crippen LogP contribution in [-0.4, -0.2) is 16.6 Å². The van der Waals surface area contributed by atoms with E-state index in [4.69, 9.17) is 0 Å². The average Bonchev–Trinajstić information content (AvgIpc) is 2.60. The number of nitrogens with one attached hydrogen (secondary N) is 1. The molecule has 2 aromatic rings. The third kappa shape index (κ3) is 2.12. The van der Waals surface area contributed by atoms with Crippen LogP contribution in [0.2, 0.25) is 0 Å². The number of benzene rings is 1. The van der Waals surface area contributed by atoms with Gasteiger partial charge in [0, 0.05) is 25.4 Å². The van der Waals surface area contributed by atoms with Gasteiger partial charge in [0.15, 0.2) is 0 Å². The highest BCUT2D eigenvalue weighted by molar-refractivity contribution is 5.55. The standard InChI is InChI=1S/C12H14FN3/c1-14-7-11-8-16(2)12(15-11)9-4-3-5-10(13)6-9/h3-6,8,14H,7H2,1-2H3. The Labute approximate surface area is 93.9 Å². The highest BCUT2D eigenvalue weighted by Crippen LogP contribution is 2.18. The maximum absolute atomic E-state index is 13.1. The van der Waals surface area contributed by atoms with E-state index in [9.17, 15) is 4.39 Å². The minimum atomic E-state index is -0.240. The third-order valence-corrected chi connectivity index (χ3v) is 2.37. The summed E-state index contributed by atoms with van der Waals surface area (Å²) in [4.78, 5) is 4.44. The van der Waals surface area contributed by atoms with E-state index < -0.39 is 0 Å². The summed E-state index contributed by atoms with van der Waals surface area (Å²) >= 11 is 0. The van der Waals surface area contributed by atoms with Gasteiger partial charge in [-0.25, -0.2) is 9.37 Å². The van der Waals surface area contributed by atoms with Gasteiger partial charge in [-0.1, -0.05) is 12.1 Å². The van der Waals surface area contributed by atoms with Crippen molar-refractivity contribution in [3.05, 3.63) is 42.0 Å².